The average Bonchev–Trinajstić information content (AvgIpc) is 3.14. The molecule has 6 nitrogen and oxygen atoms in total. The Kier molecular flexibility index (Phi) is 4.05. The van der Waals surface area contributed by atoms with E-state index in [1.165, 1.54) is 0 Å². The lowest BCUT2D eigenvalue weighted by atomic mass is 10.2. The van der Waals surface area contributed by atoms with Gasteiger partial charge in [-0.15, -0.1) is 0 Å². The summed E-state index contributed by atoms with van der Waals surface area (Å²) in [6, 6.07) is 12.0. The van der Waals surface area contributed by atoms with Gasteiger partial charge in [0.05, 0.1) is 24.0 Å². The quantitative estimate of drug-likeness (QED) is 0.797. The molecule has 130 valence electrons. The fourth-order valence-corrected chi connectivity index (χ4v) is 3.43. The summed E-state index contributed by atoms with van der Waals surface area (Å²) in [4.78, 5) is 14.7. The van der Waals surface area contributed by atoms with Crippen LogP contribution in [-0.4, -0.2) is 36.8 Å². The van der Waals surface area contributed by atoms with Gasteiger partial charge >= 0.3 is 0 Å². The number of fused-ring (bicyclic) bond motifs is 2. The van der Waals surface area contributed by atoms with E-state index in [-0.39, 0.29) is 5.91 Å². The molecule has 1 unspecified atom stereocenters. The molecule has 1 N–H and O–H groups in total. The van der Waals surface area contributed by atoms with Gasteiger partial charge in [-0.25, -0.2) is 0 Å². The summed E-state index contributed by atoms with van der Waals surface area (Å²) in [6.07, 6.45) is 2.25. The third kappa shape index (κ3) is 3.05. The van der Waals surface area contributed by atoms with Crippen molar-refractivity contribution in [2.75, 3.05) is 6.54 Å². The first-order chi connectivity index (χ1) is 12.1. The van der Waals surface area contributed by atoms with Gasteiger partial charge in [-0.2, -0.15) is 5.10 Å². The maximum atomic E-state index is 12.8. The van der Waals surface area contributed by atoms with Gasteiger partial charge in [0.15, 0.2) is 0 Å². The number of aliphatic hydroxyl groups is 1. The van der Waals surface area contributed by atoms with Crippen molar-refractivity contribution in [1.82, 2.24) is 19.2 Å². The number of aryl methyl sites for hydroxylation is 1. The molecule has 0 saturated heterocycles. The molecule has 2 aromatic heterocycles. The van der Waals surface area contributed by atoms with Crippen molar-refractivity contribution < 1.29 is 9.90 Å². The number of nitrogens with zero attached hydrogens (tertiary/aromatic N) is 4. The van der Waals surface area contributed by atoms with Gasteiger partial charge in [-0.05, 0) is 36.9 Å². The molecule has 1 aliphatic heterocycles. The normalized spacial score (nSPS) is 15.8. The first kappa shape index (κ1) is 15.9. The molecule has 0 spiro atoms. The second-order valence-corrected chi connectivity index (χ2v) is 6.63. The molecule has 3 heterocycles. The lowest BCUT2D eigenvalue weighted by Gasteiger charge is -2.20. The van der Waals surface area contributed by atoms with Crippen LogP contribution in [-0.2, 0) is 24.4 Å². The predicted octanol–water partition coefficient (Wildman–Crippen LogP) is 2.32. The molecule has 1 aliphatic rings. The Labute approximate surface area is 146 Å². The van der Waals surface area contributed by atoms with E-state index in [9.17, 15) is 9.90 Å². The Balaban J connectivity index is 1.53. The number of hydrogen-bond acceptors (Lipinski definition) is 3. The van der Waals surface area contributed by atoms with Crippen molar-refractivity contribution in [3.05, 3.63) is 54.0 Å². The van der Waals surface area contributed by atoms with Crippen LogP contribution in [0.5, 0.6) is 0 Å². The minimum Gasteiger partial charge on any atom is -0.387 e. The van der Waals surface area contributed by atoms with E-state index in [0.717, 1.165) is 36.1 Å². The monoisotopic (exact) mass is 338 g/mol. The highest BCUT2D eigenvalue weighted by Crippen LogP contribution is 2.19. The lowest BCUT2D eigenvalue weighted by Crippen LogP contribution is -2.33. The van der Waals surface area contributed by atoms with Crippen molar-refractivity contribution in [3.8, 4) is 0 Å². The van der Waals surface area contributed by atoms with Crippen molar-refractivity contribution >= 4 is 16.8 Å². The van der Waals surface area contributed by atoms with Gasteiger partial charge in [0.1, 0.15) is 6.54 Å². The molecule has 3 aromatic rings. The minimum absolute atomic E-state index is 0.106. The maximum Gasteiger partial charge on any atom is 0.242 e. The molecule has 0 aliphatic carbocycles. The van der Waals surface area contributed by atoms with E-state index >= 15 is 0 Å². The molecule has 0 fully saturated rings. The second kappa shape index (κ2) is 6.37. The van der Waals surface area contributed by atoms with Gasteiger partial charge in [0, 0.05) is 24.8 Å². The van der Waals surface area contributed by atoms with Crippen molar-refractivity contribution in [2.45, 2.75) is 39.1 Å². The van der Waals surface area contributed by atoms with Crippen molar-refractivity contribution in [3.63, 3.8) is 0 Å². The first-order valence-electron chi connectivity index (χ1n) is 8.68. The fraction of sp³-hybridized carbons (Fsp3) is 0.368. The highest BCUT2D eigenvalue weighted by Gasteiger charge is 2.22. The summed E-state index contributed by atoms with van der Waals surface area (Å²) in [5.41, 5.74) is 2.73. The standard InChI is InChI=1S/C19H22N4O2/c1-14(24)17-11-16-12-22(8-4-9-23(16)20-17)19(25)13-21-10-7-15-5-2-3-6-18(15)21/h2-3,5-7,10-11,14,24H,4,8-9,12-13H2,1H3. The zero-order valence-electron chi connectivity index (χ0n) is 14.3. The Morgan fingerprint density at radius 2 is 2.12 bits per heavy atom. The van der Waals surface area contributed by atoms with E-state index in [1.54, 1.807) is 6.92 Å². The molecule has 1 amide bonds. The third-order valence-electron chi connectivity index (χ3n) is 4.80. The van der Waals surface area contributed by atoms with Gasteiger partial charge in [-0.1, -0.05) is 18.2 Å². The van der Waals surface area contributed by atoms with Crippen LogP contribution >= 0.6 is 0 Å². The van der Waals surface area contributed by atoms with Crippen molar-refractivity contribution in [1.29, 1.82) is 0 Å². The van der Waals surface area contributed by atoms with Gasteiger partial charge in [-0.3, -0.25) is 9.48 Å². The van der Waals surface area contributed by atoms with E-state index in [0.29, 0.717) is 18.8 Å². The predicted molar refractivity (Wildman–Crippen MR) is 94.8 cm³/mol. The summed E-state index contributed by atoms with van der Waals surface area (Å²) in [7, 11) is 0. The summed E-state index contributed by atoms with van der Waals surface area (Å²) >= 11 is 0. The highest BCUT2D eigenvalue weighted by molar-refractivity contribution is 5.83. The number of carbonyl (C=O) groups excluding carboxylic acids is 1. The molecule has 4 rings (SSSR count). The maximum absolute atomic E-state index is 12.8. The fourth-order valence-electron chi connectivity index (χ4n) is 3.43. The third-order valence-corrected chi connectivity index (χ3v) is 4.80. The second-order valence-electron chi connectivity index (χ2n) is 6.63. The van der Waals surface area contributed by atoms with Crippen LogP contribution < -0.4 is 0 Å². The SMILES string of the molecule is CC(O)c1cc2n(n1)CCCN(C(=O)Cn1ccc3ccccc31)C2. The Morgan fingerprint density at radius 1 is 1.28 bits per heavy atom. The molecule has 1 atom stereocenters. The summed E-state index contributed by atoms with van der Waals surface area (Å²) < 4.78 is 3.92. The molecule has 1 aromatic carbocycles. The summed E-state index contributed by atoms with van der Waals surface area (Å²) in [5.74, 6) is 0.106. The largest absolute Gasteiger partial charge is 0.387 e. The highest BCUT2D eigenvalue weighted by atomic mass is 16.3. The zero-order valence-corrected chi connectivity index (χ0v) is 14.3. The van der Waals surface area contributed by atoms with Crippen LogP contribution in [0, 0.1) is 0 Å². The molecular formula is C19H22N4O2. The van der Waals surface area contributed by atoms with Gasteiger partial charge in [0.2, 0.25) is 5.91 Å². The van der Waals surface area contributed by atoms with Crippen LogP contribution in [0.1, 0.15) is 30.8 Å². The van der Waals surface area contributed by atoms with Crippen LogP contribution in [0.25, 0.3) is 10.9 Å². The van der Waals surface area contributed by atoms with Crippen LogP contribution in [0.15, 0.2) is 42.6 Å². The average molecular weight is 338 g/mol. The zero-order chi connectivity index (χ0) is 17.4. The first-order valence-corrected chi connectivity index (χ1v) is 8.68. The molecule has 0 saturated carbocycles. The number of benzene rings is 1. The number of aromatic nitrogens is 3. The molecular weight excluding hydrogens is 316 g/mol. The van der Waals surface area contributed by atoms with Gasteiger partial charge in [0.25, 0.3) is 0 Å². The number of rotatable bonds is 3. The summed E-state index contributed by atoms with van der Waals surface area (Å²) in [5, 5.41) is 15.3. The lowest BCUT2D eigenvalue weighted by molar-refractivity contribution is -0.132. The smallest absolute Gasteiger partial charge is 0.242 e. The molecule has 0 bridgehead atoms. The number of aliphatic hydroxyl groups excluding tert-OH is 1. The number of amides is 1. The molecule has 6 heteroatoms. The van der Waals surface area contributed by atoms with E-state index in [4.69, 9.17) is 0 Å². The minimum atomic E-state index is -0.588. The van der Waals surface area contributed by atoms with E-state index in [1.807, 2.05) is 50.7 Å². The topological polar surface area (TPSA) is 63.3 Å². The number of hydrogen-bond donors (Lipinski definition) is 1. The number of carbonyl (C=O) groups is 1. The van der Waals surface area contributed by atoms with Crippen molar-refractivity contribution in [2.24, 2.45) is 0 Å². The summed E-state index contributed by atoms with van der Waals surface area (Å²) in [6.45, 7) is 4.09. The number of para-hydroxylation sites is 1. The molecule has 25 heavy (non-hydrogen) atoms. The Hall–Kier alpha value is -2.60. The van der Waals surface area contributed by atoms with Crippen LogP contribution in [0.2, 0.25) is 0 Å². The van der Waals surface area contributed by atoms with Crippen LogP contribution in [0.3, 0.4) is 0 Å². The Bertz CT molecular complexity index is 909. The van der Waals surface area contributed by atoms with E-state index in [2.05, 4.69) is 11.2 Å². The Morgan fingerprint density at radius 3 is 2.96 bits per heavy atom. The van der Waals surface area contributed by atoms with Crippen LogP contribution in [0.4, 0.5) is 0 Å². The van der Waals surface area contributed by atoms with E-state index < -0.39 is 6.10 Å². The molecule has 0 radical (unpaired) electrons. The van der Waals surface area contributed by atoms with Gasteiger partial charge < -0.3 is 14.6 Å².